The Morgan fingerprint density at radius 3 is 2.50 bits per heavy atom. The molecule has 2 aromatic heterocycles. The highest BCUT2D eigenvalue weighted by Gasteiger charge is 2.22. The summed E-state index contributed by atoms with van der Waals surface area (Å²) < 4.78 is 0.953. The molecule has 0 aliphatic carbocycles. The lowest BCUT2D eigenvalue weighted by atomic mass is 10.2. The van der Waals surface area contributed by atoms with Crippen molar-refractivity contribution in [3.63, 3.8) is 0 Å². The zero-order valence-corrected chi connectivity index (χ0v) is 19.0. The molecule has 0 bridgehead atoms. The molecule has 0 fully saturated rings. The number of hydrogen-bond donors (Lipinski definition) is 0. The third-order valence-electron chi connectivity index (χ3n) is 4.40. The zero-order valence-electron chi connectivity index (χ0n) is 16.6. The molecule has 0 aliphatic heterocycles. The number of para-hydroxylation sites is 1. The summed E-state index contributed by atoms with van der Waals surface area (Å²) in [6.07, 6.45) is 3.45. The van der Waals surface area contributed by atoms with Crippen LogP contribution in [0.3, 0.4) is 0 Å². The maximum Gasteiger partial charge on any atom is 0.260 e. The predicted molar refractivity (Wildman–Crippen MR) is 127 cm³/mol. The molecule has 30 heavy (non-hydrogen) atoms. The Morgan fingerprint density at radius 1 is 1.10 bits per heavy atom. The second-order valence-electron chi connectivity index (χ2n) is 7.02. The molecule has 0 saturated heterocycles. The number of thiazole rings is 1. The first-order chi connectivity index (χ1) is 14.5. The van der Waals surface area contributed by atoms with Crippen LogP contribution >= 0.6 is 34.7 Å². The number of carbonyl (C=O) groups excluding carboxylic acids is 1. The van der Waals surface area contributed by atoms with Crippen LogP contribution in [0, 0.1) is 0 Å². The molecule has 0 N–H and O–H groups in total. The van der Waals surface area contributed by atoms with Crippen molar-refractivity contribution < 1.29 is 4.79 Å². The molecule has 7 heteroatoms. The lowest BCUT2D eigenvalue weighted by Crippen LogP contribution is -2.30. The van der Waals surface area contributed by atoms with Gasteiger partial charge in [0.2, 0.25) is 0 Å². The van der Waals surface area contributed by atoms with Gasteiger partial charge >= 0.3 is 0 Å². The van der Waals surface area contributed by atoms with Crippen LogP contribution in [0.2, 0.25) is 5.02 Å². The molecule has 4 aromatic rings. The first kappa shape index (κ1) is 20.8. The van der Waals surface area contributed by atoms with Crippen LogP contribution in [0.5, 0.6) is 0 Å². The van der Waals surface area contributed by atoms with Crippen LogP contribution in [0.4, 0.5) is 5.13 Å². The predicted octanol–water partition coefficient (Wildman–Crippen LogP) is 6.69. The van der Waals surface area contributed by atoms with Gasteiger partial charge in [-0.05, 0) is 54.1 Å². The fourth-order valence-electron chi connectivity index (χ4n) is 3.02. The van der Waals surface area contributed by atoms with Crippen molar-refractivity contribution in [3.05, 3.63) is 83.1 Å². The summed E-state index contributed by atoms with van der Waals surface area (Å²) in [5.41, 5.74) is 2.33. The topological polar surface area (TPSA) is 46.1 Å². The molecule has 0 aliphatic rings. The van der Waals surface area contributed by atoms with Crippen molar-refractivity contribution in [2.45, 2.75) is 30.5 Å². The Hall–Kier alpha value is -2.41. The number of benzene rings is 2. The summed E-state index contributed by atoms with van der Waals surface area (Å²) >= 11 is 9.56. The quantitative estimate of drug-likeness (QED) is 0.305. The van der Waals surface area contributed by atoms with E-state index in [0.29, 0.717) is 27.5 Å². The fraction of sp³-hybridized carbons (Fsp3) is 0.174. The van der Waals surface area contributed by atoms with Gasteiger partial charge in [-0.2, -0.15) is 0 Å². The lowest BCUT2D eigenvalue weighted by molar-refractivity contribution is 0.0985. The standard InChI is InChI=1S/C23H20ClN3OS2/c1-15(2)29-18-8-6-17(7-9-18)22(28)27(14-16-10-12-25-13-11-16)23-26-21-19(24)4-3-5-20(21)30-23/h3-13,15H,14H2,1-2H3. The van der Waals surface area contributed by atoms with Crippen LogP contribution in [0.25, 0.3) is 10.2 Å². The van der Waals surface area contributed by atoms with E-state index in [1.807, 2.05) is 54.6 Å². The smallest absolute Gasteiger partial charge is 0.260 e. The van der Waals surface area contributed by atoms with Crippen molar-refractivity contribution in [1.29, 1.82) is 0 Å². The molecule has 1 amide bonds. The Bertz CT molecular complexity index is 1160. The maximum absolute atomic E-state index is 13.5. The number of hydrogen-bond acceptors (Lipinski definition) is 5. The van der Waals surface area contributed by atoms with E-state index in [-0.39, 0.29) is 5.91 Å². The average Bonchev–Trinajstić information content (AvgIpc) is 3.18. The summed E-state index contributed by atoms with van der Waals surface area (Å²) in [5.74, 6) is -0.0944. The number of fused-ring (bicyclic) bond motifs is 1. The molecule has 0 unspecified atom stereocenters. The minimum atomic E-state index is -0.0944. The minimum Gasteiger partial charge on any atom is -0.279 e. The van der Waals surface area contributed by atoms with Gasteiger partial charge in [-0.3, -0.25) is 14.7 Å². The molecule has 0 spiro atoms. The normalized spacial score (nSPS) is 11.2. The van der Waals surface area contributed by atoms with Gasteiger partial charge in [0.15, 0.2) is 5.13 Å². The Labute approximate surface area is 188 Å². The first-order valence-corrected chi connectivity index (χ1v) is 11.6. The Balaban J connectivity index is 1.70. The fourth-order valence-corrected chi connectivity index (χ4v) is 5.12. The minimum absolute atomic E-state index is 0.0944. The van der Waals surface area contributed by atoms with E-state index >= 15 is 0 Å². The number of halogens is 1. The molecule has 152 valence electrons. The summed E-state index contributed by atoms with van der Waals surface area (Å²) in [6, 6.07) is 17.2. The van der Waals surface area contributed by atoms with E-state index in [9.17, 15) is 4.79 Å². The summed E-state index contributed by atoms with van der Waals surface area (Å²) in [5, 5.41) is 1.70. The van der Waals surface area contributed by atoms with Gasteiger partial charge in [0.1, 0.15) is 5.52 Å². The van der Waals surface area contributed by atoms with E-state index in [1.165, 1.54) is 11.3 Å². The van der Waals surface area contributed by atoms with Crippen LogP contribution in [-0.2, 0) is 6.54 Å². The molecule has 4 rings (SSSR count). The van der Waals surface area contributed by atoms with Crippen molar-refractivity contribution >= 4 is 56.0 Å². The van der Waals surface area contributed by atoms with E-state index in [1.54, 1.807) is 29.1 Å². The van der Waals surface area contributed by atoms with Gasteiger partial charge in [-0.15, -0.1) is 11.8 Å². The van der Waals surface area contributed by atoms with Crippen LogP contribution in [0.15, 0.2) is 71.9 Å². The van der Waals surface area contributed by atoms with Gasteiger partial charge < -0.3 is 0 Å². The molecule has 0 saturated carbocycles. The molecular formula is C23H20ClN3OS2. The van der Waals surface area contributed by atoms with Gasteiger partial charge in [-0.1, -0.05) is 42.9 Å². The van der Waals surface area contributed by atoms with E-state index in [4.69, 9.17) is 11.6 Å². The first-order valence-electron chi connectivity index (χ1n) is 9.54. The van der Waals surface area contributed by atoms with Crippen molar-refractivity contribution in [3.8, 4) is 0 Å². The number of aromatic nitrogens is 2. The number of thioether (sulfide) groups is 1. The number of carbonyl (C=O) groups is 1. The van der Waals surface area contributed by atoms with Crippen LogP contribution in [-0.4, -0.2) is 21.1 Å². The van der Waals surface area contributed by atoms with E-state index in [2.05, 4.69) is 23.8 Å². The largest absolute Gasteiger partial charge is 0.279 e. The number of anilines is 1. The summed E-state index contributed by atoms with van der Waals surface area (Å²) in [4.78, 5) is 25.1. The van der Waals surface area contributed by atoms with Crippen molar-refractivity contribution in [1.82, 2.24) is 9.97 Å². The molecule has 0 atom stereocenters. The monoisotopic (exact) mass is 453 g/mol. The molecular weight excluding hydrogens is 434 g/mol. The molecule has 2 aromatic carbocycles. The third kappa shape index (κ3) is 4.67. The van der Waals surface area contributed by atoms with Crippen LogP contribution < -0.4 is 4.90 Å². The molecule has 2 heterocycles. The Kier molecular flexibility index (Phi) is 6.37. The lowest BCUT2D eigenvalue weighted by Gasteiger charge is -2.20. The van der Waals surface area contributed by atoms with Crippen molar-refractivity contribution in [2.24, 2.45) is 0 Å². The van der Waals surface area contributed by atoms with Gasteiger partial charge in [0, 0.05) is 28.1 Å². The average molecular weight is 454 g/mol. The maximum atomic E-state index is 13.5. The number of pyridine rings is 1. The molecule has 0 radical (unpaired) electrons. The zero-order chi connectivity index (χ0) is 21.1. The van der Waals surface area contributed by atoms with Crippen LogP contribution in [0.1, 0.15) is 29.8 Å². The highest BCUT2D eigenvalue weighted by molar-refractivity contribution is 7.99. The third-order valence-corrected chi connectivity index (χ3v) is 6.76. The van der Waals surface area contributed by atoms with Gasteiger partial charge in [-0.25, -0.2) is 4.98 Å². The summed E-state index contributed by atoms with van der Waals surface area (Å²) in [6.45, 7) is 4.71. The van der Waals surface area contributed by atoms with E-state index < -0.39 is 0 Å². The van der Waals surface area contributed by atoms with Gasteiger partial charge in [0.05, 0.1) is 16.3 Å². The molecule has 4 nitrogen and oxygen atoms in total. The Morgan fingerprint density at radius 2 is 1.83 bits per heavy atom. The van der Waals surface area contributed by atoms with Gasteiger partial charge in [0.25, 0.3) is 5.91 Å². The number of nitrogens with zero attached hydrogens (tertiary/aromatic N) is 3. The SMILES string of the molecule is CC(C)Sc1ccc(C(=O)N(Cc2ccncc2)c2nc3c(Cl)cccc3s2)cc1. The van der Waals surface area contributed by atoms with Crippen molar-refractivity contribution in [2.75, 3.05) is 4.90 Å². The number of amides is 1. The highest BCUT2D eigenvalue weighted by atomic mass is 35.5. The summed E-state index contributed by atoms with van der Waals surface area (Å²) in [7, 11) is 0. The highest BCUT2D eigenvalue weighted by Crippen LogP contribution is 2.34. The second kappa shape index (κ2) is 9.16. The number of rotatable bonds is 6. The second-order valence-corrected chi connectivity index (χ2v) is 10.1. The van der Waals surface area contributed by atoms with E-state index in [0.717, 1.165) is 20.7 Å².